The summed E-state index contributed by atoms with van der Waals surface area (Å²) in [5, 5.41) is 3.47. The van der Waals surface area contributed by atoms with Crippen molar-refractivity contribution in [2.24, 2.45) is 0 Å². The Morgan fingerprint density at radius 1 is 0.875 bits per heavy atom. The first-order valence-corrected chi connectivity index (χ1v) is 10.8. The highest BCUT2D eigenvalue weighted by molar-refractivity contribution is 6.01. The number of amides is 1. The number of carbonyl (C=O) groups is 1. The Morgan fingerprint density at radius 2 is 1.56 bits per heavy atom. The Bertz CT molecular complexity index is 1130. The zero-order chi connectivity index (χ0) is 22.3. The smallest absolute Gasteiger partial charge is 0.338 e. The Hall–Kier alpha value is -3.06. The quantitative estimate of drug-likeness (QED) is 0.616. The normalized spacial score (nSPS) is 17.9. The Labute approximate surface area is 184 Å². The van der Waals surface area contributed by atoms with E-state index in [9.17, 15) is 18.0 Å². The number of hydrogen-bond donors (Lipinski definition) is 1. The van der Waals surface area contributed by atoms with Crippen LogP contribution in [0.4, 0.5) is 13.2 Å². The minimum Gasteiger partial charge on any atom is -0.338 e. The highest BCUT2D eigenvalue weighted by Crippen LogP contribution is 2.40. The predicted molar refractivity (Wildman–Crippen MR) is 116 cm³/mol. The van der Waals surface area contributed by atoms with Crippen LogP contribution in [0.1, 0.15) is 34.6 Å². The largest absolute Gasteiger partial charge is 0.431 e. The topological polar surface area (TPSA) is 37.3 Å². The van der Waals surface area contributed by atoms with E-state index in [4.69, 9.17) is 0 Å². The molecule has 3 heterocycles. The summed E-state index contributed by atoms with van der Waals surface area (Å²) in [6.07, 6.45) is -3.21. The maximum absolute atomic E-state index is 13.4. The lowest BCUT2D eigenvalue weighted by Crippen LogP contribution is -2.56. The van der Waals surface area contributed by atoms with Crippen LogP contribution in [0.15, 0.2) is 66.7 Å². The number of rotatable bonds is 2. The van der Waals surface area contributed by atoms with Gasteiger partial charge in [0.25, 0.3) is 5.91 Å². The van der Waals surface area contributed by atoms with Gasteiger partial charge < -0.3 is 14.8 Å². The van der Waals surface area contributed by atoms with Crippen LogP contribution in [0.2, 0.25) is 0 Å². The number of halogens is 3. The van der Waals surface area contributed by atoms with Crippen molar-refractivity contribution in [3.63, 3.8) is 0 Å². The van der Waals surface area contributed by atoms with Crippen molar-refractivity contribution in [1.82, 2.24) is 14.8 Å². The molecule has 2 aromatic carbocycles. The molecule has 1 aromatic heterocycles. The molecule has 32 heavy (non-hydrogen) atoms. The van der Waals surface area contributed by atoms with Gasteiger partial charge in [-0.1, -0.05) is 48.5 Å². The lowest BCUT2D eigenvalue weighted by molar-refractivity contribution is -0.144. The van der Waals surface area contributed by atoms with Crippen molar-refractivity contribution >= 4 is 5.91 Å². The maximum atomic E-state index is 13.4. The molecule has 1 N–H and O–H groups in total. The summed E-state index contributed by atoms with van der Waals surface area (Å²) < 4.78 is 41.6. The number of likely N-dealkylation sites (tertiary alicyclic amines) is 1. The fourth-order valence-corrected chi connectivity index (χ4v) is 5.11. The molecular weight excluding hydrogens is 415 g/mol. The van der Waals surface area contributed by atoms with E-state index in [2.05, 4.69) is 5.32 Å². The third-order valence-corrected chi connectivity index (χ3v) is 6.71. The number of fused-ring (bicyclic) bond motifs is 2. The van der Waals surface area contributed by atoms with Crippen LogP contribution < -0.4 is 5.32 Å². The Kier molecular flexibility index (Phi) is 5.08. The molecule has 1 amide bonds. The molecular formula is C25H24F3N3O. The molecule has 0 saturated carbocycles. The Morgan fingerprint density at radius 3 is 2.28 bits per heavy atom. The van der Waals surface area contributed by atoms with E-state index < -0.39 is 17.4 Å². The zero-order valence-corrected chi connectivity index (χ0v) is 17.5. The minimum absolute atomic E-state index is 0.0403. The van der Waals surface area contributed by atoms with Crippen molar-refractivity contribution in [3.8, 4) is 11.1 Å². The van der Waals surface area contributed by atoms with Gasteiger partial charge in [-0.05, 0) is 42.2 Å². The van der Waals surface area contributed by atoms with Gasteiger partial charge in [0.05, 0.1) is 5.54 Å². The molecule has 4 nitrogen and oxygen atoms in total. The van der Waals surface area contributed by atoms with Crippen molar-refractivity contribution < 1.29 is 18.0 Å². The molecule has 0 aliphatic carbocycles. The zero-order valence-electron chi connectivity index (χ0n) is 17.5. The van der Waals surface area contributed by atoms with Crippen LogP contribution in [0, 0.1) is 0 Å². The van der Waals surface area contributed by atoms with Gasteiger partial charge in [0.15, 0.2) is 0 Å². The first kappa shape index (κ1) is 20.8. The molecule has 1 saturated heterocycles. The summed E-state index contributed by atoms with van der Waals surface area (Å²) in [6, 6.07) is 20.1. The Balaban J connectivity index is 1.38. The first-order valence-electron chi connectivity index (χ1n) is 10.8. The molecule has 0 bridgehead atoms. The van der Waals surface area contributed by atoms with Crippen LogP contribution in [-0.4, -0.2) is 35.0 Å². The van der Waals surface area contributed by atoms with E-state index >= 15 is 0 Å². The second-order valence-electron chi connectivity index (χ2n) is 8.47. The van der Waals surface area contributed by atoms with Crippen LogP contribution in [0.3, 0.4) is 0 Å². The summed E-state index contributed by atoms with van der Waals surface area (Å²) in [7, 11) is 0. The highest BCUT2D eigenvalue weighted by atomic mass is 19.4. The summed E-state index contributed by atoms with van der Waals surface area (Å²) in [5.74, 6) is -0.0403. The molecule has 2 aliphatic heterocycles. The minimum atomic E-state index is -4.37. The van der Waals surface area contributed by atoms with Gasteiger partial charge in [-0.15, -0.1) is 0 Å². The van der Waals surface area contributed by atoms with E-state index in [1.807, 2.05) is 59.5 Å². The number of alkyl halides is 3. The predicted octanol–water partition coefficient (Wildman–Crippen LogP) is 4.91. The molecule has 0 atom stereocenters. The molecule has 0 unspecified atom stereocenters. The lowest BCUT2D eigenvalue weighted by Gasteiger charge is -2.45. The molecule has 1 spiro atoms. The molecule has 3 aromatic rings. The van der Waals surface area contributed by atoms with Gasteiger partial charge in [0.1, 0.15) is 5.69 Å². The number of aromatic nitrogens is 1. The van der Waals surface area contributed by atoms with Crippen molar-refractivity contribution in [1.29, 1.82) is 0 Å². The molecule has 7 heteroatoms. The van der Waals surface area contributed by atoms with Gasteiger partial charge in [0.2, 0.25) is 0 Å². The number of piperidine rings is 1. The average molecular weight is 439 g/mol. The van der Waals surface area contributed by atoms with Gasteiger partial charge in [0, 0.05) is 37.4 Å². The van der Waals surface area contributed by atoms with E-state index in [1.165, 1.54) is 10.6 Å². The third kappa shape index (κ3) is 3.50. The number of hydrogen-bond acceptors (Lipinski definition) is 2. The summed E-state index contributed by atoms with van der Waals surface area (Å²) in [6.45, 7) is 1.75. The maximum Gasteiger partial charge on any atom is 0.431 e. The lowest BCUT2D eigenvalue weighted by atomic mass is 9.82. The van der Waals surface area contributed by atoms with Crippen LogP contribution in [-0.2, 0) is 18.3 Å². The number of benzene rings is 2. The molecule has 166 valence electrons. The van der Waals surface area contributed by atoms with Crippen molar-refractivity contribution in [3.05, 3.63) is 83.7 Å². The average Bonchev–Trinajstić information content (AvgIpc) is 3.26. The molecule has 1 fully saturated rings. The SMILES string of the molecule is O=C(c1ccccc1-c1ccccc1)N1CCC2(CC1)NCCn1c(C(F)(F)F)ccc12. The van der Waals surface area contributed by atoms with Gasteiger partial charge in [-0.2, -0.15) is 13.2 Å². The molecule has 0 radical (unpaired) electrons. The van der Waals surface area contributed by atoms with E-state index in [1.54, 1.807) is 6.07 Å². The monoisotopic (exact) mass is 439 g/mol. The van der Waals surface area contributed by atoms with E-state index in [0.717, 1.165) is 11.1 Å². The van der Waals surface area contributed by atoms with Gasteiger partial charge in [-0.25, -0.2) is 0 Å². The van der Waals surface area contributed by atoms with Crippen molar-refractivity contribution in [2.45, 2.75) is 31.1 Å². The van der Waals surface area contributed by atoms with Crippen LogP contribution >= 0.6 is 0 Å². The highest BCUT2D eigenvalue weighted by Gasteiger charge is 2.44. The van der Waals surface area contributed by atoms with Gasteiger partial charge >= 0.3 is 6.18 Å². The van der Waals surface area contributed by atoms with E-state index in [0.29, 0.717) is 50.3 Å². The van der Waals surface area contributed by atoms with Crippen molar-refractivity contribution in [2.75, 3.05) is 19.6 Å². The second-order valence-corrected chi connectivity index (χ2v) is 8.47. The van der Waals surface area contributed by atoms with Gasteiger partial charge in [-0.3, -0.25) is 4.79 Å². The number of nitrogens with zero attached hydrogens (tertiary/aromatic N) is 2. The second kappa shape index (κ2) is 7.81. The molecule has 2 aliphatic rings. The van der Waals surface area contributed by atoms with Crippen LogP contribution in [0.5, 0.6) is 0 Å². The number of carbonyl (C=O) groups excluding carboxylic acids is 1. The molecule has 5 rings (SSSR count). The summed E-state index contributed by atoms with van der Waals surface area (Å²) >= 11 is 0. The number of nitrogens with one attached hydrogen (secondary N) is 1. The fourth-order valence-electron chi connectivity index (χ4n) is 5.11. The summed E-state index contributed by atoms with van der Waals surface area (Å²) in [4.78, 5) is 15.2. The third-order valence-electron chi connectivity index (χ3n) is 6.71. The van der Waals surface area contributed by atoms with E-state index in [-0.39, 0.29) is 5.91 Å². The standard InChI is InChI=1S/C25H24F3N3O/c26-25(27,28)22-11-10-21-24(29-14-17-31(21)22)12-15-30(16-13-24)23(32)20-9-5-4-8-19(20)18-6-2-1-3-7-18/h1-11,29H,12-17H2. The summed E-state index contributed by atoms with van der Waals surface area (Å²) in [5.41, 5.74) is 2.07. The van der Waals surface area contributed by atoms with Crippen LogP contribution in [0.25, 0.3) is 11.1 Å². The first-order chi connectivity index (χ1) is 15.4. The fraction of sp³-hybridized carbons (Fsp3) is 0.320.